The molecule has 1 atom stereocenters. The second kappa shape index (κ2) is 9.32. The number of nitrogens with one attached hydrogen (secondary N) is 1. The van der Waals surface area contributed by atoms with Gasteiger partial charge in [0, 0.05) is 37.8 Å². The van der Waals surface area contributed by atoms with Gasteiger partial charge in [0.05, 0.1) is 20.3 Å². The van der Waals surface area contributed by atoms with E-state index >= 15 is 0 Å². The minimum atomic E-state index is -0.243. The highest BCUT2D eigenvalue weighted by atomic mass is 16.5. The molecule has 1 fully saturated rings. The molecule has 0 aliphatic carbocycles. The number of benzene rings is 2. The smallest absolute Gasteiger partial charge is 0.317 e. The Morgan fingerprint density at radius 1 is 1.14 bits per heavy atom. The van der Waals surface area contributed by atoms with Crippen molar-refractivity contribution in [2.45, 2.75) is 25.9 Å². The molecule has 3 amide bonds. The molecular weight excluding hydrogens is 370 g/mol. The molecule has 1 aliphatic rings. The summed E-state index contributed by atoms with van der Waals surface area (Å²) in [6.07, 6.45) is 0.267. The van der Waals surface area contributed by atoms with Crippen LogP contribution in [0.4, 0.5) is 10.5 Å². The molecule has 154 valence electrons. The summed E-state index contributed by atoms with van der Waals surface area (Å²) in [5.74, 6) is 1.13. The van der Waals surface area contributed by atoms with Crippen molar-refractivity contribution in [1.29, 1.82) is 0 Å². The van der Waals surface area contributed by atoms with E-state index in [1.807, 2.05) is 43.3 Å². The zero-order chi connectivity index (χ0) is 20.8. The maximum atomic E-state index is 12.7. The number of hydrogen-bond donors (Lipinski definition) is 1. The molecule has 7 nitrogen and oxygen atoms in total. The quantitative estimate of drug-likeness (QED) is 0.780. The van der Waals surface area contributed by atoms with E-state index in [-0.39, 0.29) is 24.4 Å². The molecule has 2 aromatic carbocycles. The highest BCUT2D eigenvalue weighted by molar-refractivity contribution is 5.97. The Bertz CT molecular complexity index is 856. The van der Waals surface area contributed by atoms with Crippen LogP contribution in [0.3, 0.4) is 0 Å². The van der Waals surface area contributed by atoms with Gasteiger partial charge >= 0.3 is 6.03 Å². The maximum Gasteiger partial charge on any atom is 0.317 e. The lowest BCUT2D eigenvalue weighted by Gasteiger charge is -2.24. The molecule has 1 N–H and O–H groups in total. The molecule has 0 radical (unpaired) electrons. The molecule has 1 aliphatic heterocycles. The molecule has 7 heteroatoms. The highest BCUT2D eigenvalue weighted by Crippen LogP contribution is 2.33. The van der Waals surface area contributed by atoms with Gasteiger partial charge in [0.15, 0.2) is 11.5 Å². The number of hydrogen-bond acceptors (Lipinski definition) is 4. The summed E-state index contributed by atoms with van der Waals surface area (Å²) in [6, 6.07) is 14.8. The van der Waals surface area contributed by atoms with E-state index in [1.165, 1.54) is 0 Å². The summed E-state index contributed by atoms with van der Waals surface area (Å²) >= 11 is 0. The fraction of sp³-hybridized carbons (Fsp3) is 0.364. The van der Waals surface area contributed by atoms with Crippen LogP contribution in [0.2, 0.25) is 0 Å². The van der Waals surface area contributed by atoms with Gasteiger partial charge in [0.25, 0.3) is 0 Å². The number of carbonyl (C=O) groups is 2. The topological polar surface area (TPSA) is 71.1 Å². The normalized spacial score (nSPS) is 15.9. The van der Waals surface area contributed by atoms with Gasteiger partial charge < -0.3 is 24.6 Å². The van der Waals surface area contributed by atoms with Crippen molar-refractivity contribution in [3.63, 3.8) is 0 Å². The Labute approximate surface area is 171 Å². The molecule has 0 bridgehead atoms. The van der Waals surface area contributed by atoms with Crippen molar-refractivity contribution < 1.29 is 19.1 Å². The number of urea groups is 1. The summed E-state index contributed by atoms with van der Waals surface area (Å²) in [4.78, 5) is 28.7. The lowest BCUT2D eigenvalue weighted by molar-refractivity contribution is -0.117. The molecule has 29 heavy (non-hydrogen) atoms. The lowest BCUT2D eigenvalue weighted by Crippen LogP contribution is -2.45. The first-order valence-electron chi connectivity index (χ1n) is 9.67. The number of ether oxygens (including phenoxy) is 2. The number of rotatable bonds is 7. The van der Waals surface area contributed by atoms with Gasteiger partial charge in [-0.25, -0.2) is 4.79 Å². The molecule has 1 saturated heterocycles. The van der Waals surface area contributed by atoms with E-state index in [4.69, 9.17) is 9.47 Å². The van der Waals surface area contributed by atoms with Crippen molar-refractivity contribution in [2.75, 3.05) is 32.2 Å². The third kappa shape index (κ3) is 4.80. The van der Waals surface area contributed by atoms with E-state index in [0.29, 0.717) is 31.1 Å². The van der Waals surface area contributed by atoms with Gasteiger partial charge in [-0.15, -0.1) is 0 Å². The average Bonchev–Trinajstić information content (AvgIpc) is 3.11. The predicted molar refractivity (Wildman–Crippen MR) is 111 cm³/mol. The van der Waals surface area contributed by atoms with E-state index < -0.39 is 0 Å². The van der Waals surface area contributed by atoms with Crippen molar-refractivity contribution in [3.05, 3.63) is 54.1 Å². The van der Waals surface area contributed by atoms with Crippen molar-refractivity contribution in [3.8, 4) is 11.5 Å². The van der Waals surface area contributed by atoms with E-state index in [2.05, 4.69) is 5.32 Å². The first kappa shape index (κ1) is 20.5. The fourth-order valence-corrected chi connectivity index (χ4v) is 3.44. The SMILES string of the molecule is CCN(Cc1ccccc1)C(=O)N[C@@H]1CC(=O)N(c2ccc(OC)c(OC)c2)C1. The van der Waals surface area contributed by atoms with Crippen molar-refractivity contribution >= 4 is 17.6 Å². The predicted octanol–water partition coefficient (Wildman–Crippen LogP) is 3.04. The molecule has 0 unspecified atom stereocenters. The van der Waals surface area contributed by atoms with Crippen LogP contribution in [0.15, 0.2) is 48.5 Å². The van der Waals surface area contributed by atoms with Gasteiger partial charge in [-0.2, -0.15) is 0 Å². The second-order valence-electron chi connectivity index (χ2n) is 6.89. The van der Waals surface area contributed by atoms with Gasteiger partial charge in [-0.1, -0.05) is 30.3 Å². The lowest BCUT2D eigenvalue weighted by atomic mass is 10.2. The van der Waals surface area contributed by atoms with Crippen LogP contribution in [-0.2, 0) is 11.3 Å². The van der Waals surface area contributed by atoms with Crippen molar-refractivity contribution in [2.24, 2.45) is 0 Å². The van der Waals surface area contributed by atoms with E-state index in [9.17, 15) is 9.59 Å². The summed E-state index contributed by atoms with van der Waals surface area (Å²) in [5, 5.41) is 3.00. The van der Waals surface area contributed by atoms with Crippen LogP contribution in [0, 0.1) is 0 Å². The van der Waals surface area contributed by atoms with Crippen LogP contribution < -0.4 is 19.7 Å². The highest BCUT2D eigenvalue weighted by Gasteiger charge is 2.32. The summed E-state index contributed by atoms with van der Waals surface area (Å²) in [6.45, 7) is 3.48. The van der Waals surface area contributed by atoms with Crippen LogP contribution in [0.5, 0.6) is 11.5 Å². The minimum Gasteiger partial charge on any atom is -0.493 e. The standard InChI is InChI=1S/C22H27N3O4/c1-4-24(14-16-8-6-5-7-9-16)22(27)23-17-12-21(26)25(15-17)18-10-11-19(28-2)20(13-18)29-3/h5-11,13,17H,4,12,14-15H2,1-3H3,(H,23,27)/t17-/m1/s1. The van der Waals surface area contributed by atoms with Crippen LogP contribution in [0.25, 0.3) is 0 Å². The zero-order valence-corrected chi connectivity index (χ0v) is 17.1. The van der Waals surface area contributed by atoms with Crippen molar-refractivity contribution in [1.82, 2.24) is 10.2 Å². The van der Waals surface area contributed by atoms with Gasteiger partial charge in [-0.05, 0) is 24.6 Å². The molecule has 2 aromatic rings. The first-order valence-corrected chi connectivity index (χ1v) is 9.67. The Morgan fingerprint density at radius 2 is 1.86 bits per heavy atom. The first-order chi connectivity index (χ1) is 14.0. The number of anilines is 1. The number of methoxy groups -OCH3 is 2. The van der Waals surface area contributed by atoms with Crippen LogP contribution in [0.1, 0.15) is 18.9 Å². The largest absolute Gasteiger partial charge is 0.493 e. The van der Waals surface area contributed by atoms with Gasteiger partial charge in [0.2, 0.25) is 5.91 Å². The average molecular weight is 397 g/mol. The third-order valence-electron chi connectivity index (χ3n) is 5.02. The maximum absolute atomic E-state index is 12.7. The third-order valence-corrected chi connectivity index (χ3v) is 5.02. The Kier molecular flexibility index (Phi) is 6.59. The number of amides is 3. The Morgan fingerprint density at radius 3 is 2.52 bits per heavy atom. The Hall–Kier alpha value is -3.22. The van der Waals surface area contributed by atoms with Crippen LogP contribution in [-0.4, -0.2) is 50.2 Å². The van der Waals surface area contributed by atoms with E-state index in [1.54, 1.807) is 36.2 Å². The number of nitrogens with zero attached hydrogens (tertiary/aromatic N) is 2. The monoisotopic (exact) mass is 397 g/mol. The molecule has 0 spiro atoms. The summed E-state index contributed by atoms with van der Waals surface area (Å²) in [7, 11) is 3.13. The minimum absolute atomic E-state index is 0.0337. The molecule has 0 aromatic heterocycles. The van der Waals surface area contributed by atoms with Gasteiger partial charge in [0.1, 0.15) is 0 Å². The second-order valence-corrected chi connectivity index (χ2v) is 6.89. The number of carbonyl (C=O) groups excluding carboxylic acids is 2. The summed E-state index contributed by atoms with van der Waals surface area (Å²) < 4.78 is 10.6. The molecular formula is C22H27N3O4. The zero-order valence-electron chi connectivity index (χ0n) is 17.1. The fourth-order valence-electron chi connectivity index (χ4n) is 3.44. The molecule has 0 saturated carbocycles. The molecule has 1 heterocycles. The van der Waals surface area contributed by atoms with E-state index in [0.717, 1.165) is 11.3 Å². The Balaban J connectivity index is 1.64. The van der Waals surface area contributed by atoms with Gasteiger partial charge in [-0.3, -0.25) is 4.79 Å². The summed E-state index contributed by atoms with van der Waals surface area (Å²) in [5.41, 5.74) is 1.79. The van der Waals surface area contributed by atoms with Crippen LogP contribution >= 0.6 is 0 Å². The molecule has 3 rings (SSSR count).